The Bertz CT molecular complexity index is 335. The number of likely N-dealkylation sites (tertiary alicyclic amines) is 1. The lowest BCUT2D eigenvalue weighted by Gasteiger charge is -2.43. The van der Waals surface area contributed by atoms with Crippen LogP contribution in [0.2, 0.25) is 0 Å². The zero-order valence-electron chi connectivity index (χ0n) is 12.0. The monoisotopic (exact) mass is 272 g/mol. The predicted molar refractivity (Wildman–Crippen MR) is 71.1 cm³/mol. The molecule has 1 fully saturated rings. The molecule has 0 aromatic rings. The predicted octanol–water partition coefficient (Wildman–Crippen LogP) is 1.40. The highest BCUT2D eigenvalue weighted by molar-refractivity contribution is 5.86. The third-order valence-electron chi connectivity index (χ3n) is 3.75. The summed E-state index contributed by atoms with van der Waals surface area (Å²) in [6, 6.07) is -0.208. The quantitative estimate of drug-likeness (QED) is 0.768. The van der Waals surface area contributed by atoms with Crippen molar-refractivity contribution < 1.29 is 19.4 Å². The van der Waals surface area contributed by atoms with Gasteiger partial charge in [-0.2, -0.15) is 0 Å². The first-order chi connectivity index (χ1) is 8.93. The van der Waals surface area contributed by atoms with Gasteiger partial charge < -0.3 is 19.6 Å². The van der Waals surface area contributed by atoms with Crippen LogP contribution in [0.15, 0.2) is 0 Å². The fraction of sp³-hybridized carbons (Fsp3) is 0.846. The number of urea groups is 1. The van der Waals surface area contributed by atoms with Crippen molar-refractivity contribution in [1.82, 2.24) is 9.80 Å². The molecule has 0 aromatic heterocycles. The van der Waals surface area contributed by atoms with Crippen molar-refractivity contribution in [1.29, 1.82) is 0 Å². The molecule has 2 amide bonds. The number of ether oxygens (including phenoxy) is 1. The molecular weight excluding hydrogens is 248 g/mol. The van der Waals surface area contributed by atoms with Gasteiger partial charge in [0.25, 0.3) is 0 Å². The number of piperidine rings is 1. The largest absolute Gasteiger partial charge is 0.480 e. The summed E-state index contributed by atoms with van der Waals surface area (Å²) in [4.78, 5) is 26.9. The molecule has 0 aliphatic carbocycles. The van der Waals surface area contributed by atoms with E-state index in [2.05, 4.69) is 0 Å². The van der Waals surface area contributed by atoms with Gasteiger partial charge in [-0.05, 0) is 32.6 Å². The Balaban J connectivity index is 2.69. The minimum absolute atomic E-state index is 0.208. The maximum Gasteiger partial charge on any atom is 0.329 e. The van der Waals surface area contributed by atoms with Gasteiger partial charge >= 0.3 is 12.0 Å². The van der Waals surface area contributed by atoms with Gasteiger partial charge in [0, 0.05) is 33.9 Å². The van der Waals surface area contributed by atoms with Crippen LogP contribution in [0.4, 0.5) is 4.79 Å². The van der Waals surface area contributed by atoms with E-state index in [0.717, 1.165) is 19.3 Å². The third kappa shape index (κ3) is 3.59. The summed E-state index contributed by atoms with van der Waals surface area (Å²) in [5.41, 5.74) is -1.08. The van der Waals surface area contributed by atoms with Crippen LogP contribution in [0.25, 0.3) is 0 Å². The molecule has 0 aromatic carbocycles. The zero-order valence-corrected chi connectivity index (χ0v) is 12.0. The van der Waals surface area contributed by atoms with Gasteiger partial charge in [0.05, 0.1) is 0 Å². The molecule has 0 saturated carbocycles. The molecule has 1 atom stereocenters. The molecule has 0 bridgehead atoms. The van der Waals surface area contributed by atoms with Crippen LogP contribution in [0.5, 0.6) is 0 Å². The van der Waals surface area contributed by atoms with Crippen molar-refractivity contribution in [2.75, 3.05) is 33.9 Å². The Morgan fingerprint density at radius 1 is 1.42 bits per heavy atom. The van der Waals surface area contributed by atoms with Crippen LogP contribution < -0.4 is 0 Å². The first kappa shape index (κ1) is 15.8. The fourth-order valence-corrected chi connectivity index (χ4v) is 2.40. The number of carbonyl (C=O) groups is 2. The first-order valence-electron chi connectivity index (χ1n) is 6.68. The number of hydrogen-bond acceptors (Lipinski definition) is 3. The van der Waals surface area contributed by atoms with Crippen molar-refractivity contribution in [3.63, 3.8) is 0 Å². The summed E-state index contributed by atoms with van der Waals surface area (Å²) in [5, 5.41) is 9.38. The van der Waals surface area contributed by atoms with E-state index in [1.807, 2.05) is 0 Å². The highest BCUT2D eigenvalue weighted by atomic mass is 16.5. The summed E-state index contributed by atoms with van der Waals surface area (Å²) in [6.45, 7) is 3.30. The van der Waals surface area contributed by atoms with Gasteiger partial charge in [-0.25, -0.2) is 9.59 Å². The highest BCUT2D eigenvalue weighted by Gasteiger charge is 2.44. The smallest absolute Gasteiger partial charge is 0.329 e. The standard InChI is InChI=1S/C13H24N2O4/c1-13(11(16)17)7-4-5-9-15(13)12(18)14(2)8-6-10-19-3/h4-10H2,1-3H3,(H,16,17). The van der Waals surface area contributed by atoms with Crippen molar-refractivity contribution in [2.24, 2.45) is 0 Å². The molecule has 1 aliphatic heterocycles. The second kappa shape index (κ2) is 6.75. The van der Waals surface area contributed by atoms with E-state index in [9.17, 15) is 14.7 Å². The molecular formula is C13H24N2O4. The van der Waals surface area contributed by atoms with Gasteiger partial charge in [-0.3, -0.25) is 0 Å². The van der Waals surface area contributed by atoms with Crippen molar-refractivity contribution in [2.45, 2.75) is 38.1 Å². The molecule has 1 rings (SSSR count). The van der Waals surface area contributed by atoms with Crippen LogP contribution in [0.1, 0.15) is 32.6 Å². The van der Waals surface area contributed by atoms with Crippen LogP contribution in [-0.2, 0) is 9.53 Å². The Labute approximate surface area is 114 Å². The number of nitrogens with zero attached hydrogens (tertiary/aromatic N) is 2. The maximum atomic E-state index is 12.4. The second-order valence-corrected chi connectivity index (χ2v) is 5.24. The number of carbonyl (C=O) groups excluding carboxylic acids is 1. The summed E-state index contributed by atoms with van der Waals surface area (Å²) in [7, 11) is 3.32. The number of amides is 2. The molecule has 1 saturated heterocycles. The summed E-state index contributed by atoms with van der Waals surface area (Å²) in [6.07, 6.45) is 2.97. The normalized spacial score (nSPS) is 23.2. The maximum absolute atomic E-state index is 12.4. The van der Waals surface area contributed by atoms with E-state index in [0.29, 0.717) is 26.1 Å². The van der Waals surface area contributed by atoms with Crippen LogP contribution in [-0.4, -0.2) is 66.3 Å². The zero-order chi connectivity index (χ0) is 14.5. The molecule has 6 nitrogen and oxygen atoms in total. The molecule has 0 spiro atoms. The van der Waals surface area contributed by atoms with Crippen molar-refractivity contribution in [3.8, 4) is 0 Å². The summed E-state index contributed by atoms with van der Waals surface area (Å²) >= 11 is 0. The molecule has 19 heavy (non-hydrogen) atoms. The number of carboxylic acid groups (broad SMARTS) is 1. The van der Waals surface area contributed by atoms with Crippen molar-refractivity contribution >= 4 is 12.0 Å². The molecule has 110 valence electrons. The second-order valence-electron chi connectivity index (χ2n) is 5.24. The van der Waals surface area contributed by atoms with Crippen LogP contribution in [0, 0.1) is 0 Å². The first-order valence-corrected chi connectivity index (χ1v) is 6.68. The number of rotatable bonds is 5. The average molecular weight is 272 g/mol. The number of carboxylic acids is 1. The molecule has 0 radical (unpaired) electrons. The van der Waals surface area contributed by atoms with E-state index in [4.69, 9.17) is 4.74 Å². The number of hydrogen-bond donors (Lipinski definition) is 1. The van der Waals surface area contributed by atoms with Crippen LogP contribution in [0.3, 0.4) is 0 Å². The van der Waals surface area contributed by atoms with E-state index in [1.54, 1.807) is 26.0 Å². The third-order valence-corrected chi connectivity index (χ3v) is 3.75. The molecule has 1 N–H and O–H groups in total. The Kier molecular flexibility index (Phi) is 5.60. The van der Waals surface area contributed by atoms with E-state index < -0.39 is 11.5 Å². The Morgan fingerprint density at radius 2 is 2.11 bits per heavy atom. The molecule has 1 aliphatic rings. The lowest BCUT2D eigenvalue weighted by molar-refractivity contribution is -0.150. The molecule has 1 unspecified atom stereocenters. The fourth-order valence-electron chi connectivity index (χ4n) is 2.40. The lowest BCUT2D eigenvalue weighted by atomic mass is 9.89. The van der Waals surface area contributed by atoms with Gasteiger partial charge in [0.1, 0.15) is 5.54 Å². The average Bonchev–Trinajstić information content (AvgIpc) is 2.38. The lowest BCUT2D eigenvalue weighted by Crippen LogP contribution is -2.60. The summed E-state index contributed by atoms with van der Waals surface area (Å²) in [5.74, 6) is -0.925. The highest BCUT2D eigenvalue weighted by Crippen LogP contribution is 2.29. The Hall–Kier alpha value is -1.30. The van der Waals surface area contributed by atoms with E-state index in [-0.39, 0.29) is 6.03 Å². The Morgan fingerprint density at radius 3 is 2.68 bits per heavy atom. The van der Waals surface area contributed by atoms with E-state index in [1.165, 1.54) is 4.90 Å². The number of aliphatic carboxylic acids is 1. The summed E-state index contributed by atoms with van der Waals surface area (Å²) < 4.78 is 4.95. The van der Waals surface area contributed by atoms with Crippen molar-refractivity contribution in [3.05, 3.63) is 0 Å². The number of methoxy groups -OCH3 is 1. The van der Waals surface area contributed by atoms with E-state index >= 15 is 0 Å². The van der Waals surface area contributed by atoms with Gasteiger partial charge in [0.2, 0.25) is 0 Å². The van der Waals surface area contributed by atoms with Gasteiger partial charge in [-0.15, -0.1) is 0 Å². The SMILES string of the molecule is COCCCN(C)C(=O)N1CCCCC1(C)C(=O)O. The minimum Gasteiger partial charge on any atom is -0.480 e. The minimum atomic E-state index is -1.08. The topological polar surface area (TPSA) is 70.1 Å². The molecule has 6 heteroatoms. The van der Waals surface area contributed by atoms with Gasteiger partial charge in [0.15, 0.2) is 0 Å². The van der Waals surface area contributed by atoms with Crippen LogP contribution >= 0.6 is 0 Å². The van der Waals surface area contributed by atoms with Gasteiger partial charge in [-0.1, -0.05) is 0 Å². The molecule has 1 heterocycles.